The number of amides is 2. The molecule has 12 rings (SSSR count). The summed E-state index contributed by atoms with van der Waals surface area (Å²) in [6.45, 7) is 0.0664. The molecule has 280 valence electrons. The van der Waals surface area contributed by atoms with Gasteiger partial charge in [-0.3, -0.25) is 5.41 Å². The molecule has 0 radical (unpaired) electrons. The van der Waals surface area contributed by atoms with E-state index in [1.54, 1.807) is 0 Å². The summed E-state index contributed by atoms with van der Waals surface area (Å²) in [5.41, 5.74) is 0.420. The minimum absolute atomic E-state index is 0.0215. The van der Waals surface area contributed by atoms with Crippen LogP contribution in [0.3, 0.4) is 0 Å². The maximum atomic E-state index is 14.9. The molecule has 0 aromatic carbocycles. The van der Waals surface area contributed by atoms with Crippen LogP contribution in [0.5, 0.6) is 0 Å². The van der Waals surface area contributed by atoms with Crippen molar-refractivity contribution in [1.82, 2.24) is 10.2 Å². The first kappa shape index (κ1) is 33.8. The molecule has 12 nitrogen and oxygen atoms in total. The van der Waals surface area contributed by atoms with Crippen LogP contribution in [0.25, 0.3) is 0 Å². The van der Waals surface area contributed by atoms with Crippen LogP contribution in [0.4, 0.5) is 9.59 Å². The Bertz CT molecular complexity index is 1330. The molecule has 5 N–H and O–H groups in total. The van der Waals surface area contributed by atoms with E-state index in [2.05, 4.69) is 5.32 Å². The van der Waals surface area contributed by atoms with Crippen LogP contribution in [0.15, 0.2) is 0 Å². The fourth-order valence-electron chi connectivity index (χ4n) is 14.8. The lowest BCUT2D eigenvalue weighted by molar-refractivity contribution is -0.204. The number of aliphatic carboxylic acids is 1. The summed E-state index contributed by atoms with van der Waals surface area (Å²) in [7, 11) is 0. The molecule has 12 fully saturated rings. The Morgan fingerprint density at radius 2 is 0.941 bits per heavy atom. The number of nitrogens with zero attached hydrogens (tertiary/aromatic N) is 1. The molecule has 0 saturated heterocycles. The molecule has 0 spiro atoms. The zero-order valence-corrected chi connectivity index (χ0v) is 29.9. The van der Waals surface area contributed by atoms with Gasteiger partial charge in [-0.1, -0.05) is 0 Å². The van der Waals surface area contributed by atoms with E-state index in [4.69, 9.17) is 25.4 Å². The lowest BCUT2D eigenvalue weighted by Crippen LogP contribution is -2.68. The van der Waals surface area contributed by atoms with E-state index in [9.17, 15) is 24.3 Å². The van der Waals surface area contributed by atoms with Gasteiger partial charge in [0.05, 0.1) is 0 Å². The molecule has 12 aliphatic carbocycles. The van der Waals surface area contributed by atoms with Crippen molar-refractivity contribution in [3.63, 3.8) is 0 Å². The summed E-state index contributed by atoms with van der Waals surface area (Å²) in [5, 5.41) is 21.6. The maximum absolute atomic E-state index is 14.9. The van der Waals surface area contributed by atoms with Crippen molar-refractivity contribution in [3.05, 3.63) is 0 Å². The largest absolute Gasteiger partial charge is 0.479 e. The summed E-state index contributed by atoms with van der Waals surface area (Å²) in [6, 6.07) is 0. The van der Waals surface area contributed by atoms with Crippen LogP contribution in [0.1, 0.15) is 128 Å². The summed E-state index contributed by atoms with van der Waals surface area (Å²) < 4.78 is 19.3. The summed E-state index contributed by atoms with van der Waals surface area (Å²) >= 11 is 0. The zero-order valence-electron chi connectivity index (χ0n) is 29.9. The van der Waals surface area contributed by atoms with Gasteiger partial charge in [0, 0.05) is 6.54 Å². The number of ether oxygens (including phenoxy) is 3. The molecular weight excluding hydrogens is 652 g/mol. The van der Waals surface area contributed by atoms with E-state index in [1.807, 2.05) is 0 Å². The molecule has 12 saturated carbocycles. The normalized spacial score (nSPS) is 44.4. The summed E-state index contributed by atoms with van der Waals surface area (Å²) in [6.07, 6.45) is 13.4. The highest BCUT2D eigenvalue weighted by molar-refractivity contribution is 6.11. The van der Waals surface area contributed by atoms with E-state index in [0.717, 1.165) is 57.8 Å². The van der Waals surface area contributed by atoms with Gasteiger partial charge in [0.15, 0.2) is 5.96 Å². The Morgan fingerprint density at radius 3 is 1.24 bits per heavy atom. The Morgan fingerprint density at radius 1 is 0.627 bits per heavy atom. The van der Waals surface area contributed by atoms with E-state index in [1.165, 1.54) is 0 Å². The van der Waals surface area contributed by atoms with Gasteiger partial charge in [0.25, 0.3) is 5.54 Å². The van der Waals surface area contributed by atoms with Gasteiger partial charge in [0.2, 0.25) is 0 Å². The van der Waals surface area contributed by atoms with Gasteiger partial charge in [-0.15, -0.1) is 0 Å². The molecule has 0 aromatic heterocycles. The predicted molar refractivity (Wildman–Crippen MR) is 183 cm³/mol. The average Bonchev–Trinajstić information content (AvgIpc) is 2.99. The van der Waals surface area contributed by atoms with Crippen LogP contribution in [-0.4, -0.2) is 69.0 Å². The Kier molecular flexibility index (Phi) is 7.93. The van der Waals surface area contributed by atoms with Crippen molar-refractivity contribution in [2.24, 2.45) is 59.0 Å². The van der Waals surface area contributed by atoms with Crippen molar-refractivity contribution in [1.29, 1.82) is 5.41 Å². The molecule has 0 unspecified atom stereocenters. The molecule has 51 heavy (non-hydrogen) atoms. The number of esters is 1. The summed E-state index contributed by atoms with van der Waals surface area (Å²) in [4.78, 5) is 59.2. The van der Waals surface area contributed by atoms with Crippen molar-refractivity contribution >= 4 is 30.1 Å². The van der Waals surface area contributed by atoms with Crippen LogP contribution >= 0.6 is 0 Å². The zero-order chi connectivity index (χ0) is 35.3. The number of carbonyl (C=O) groups excluding carboxylic acids is 3. The third-order valence-electron chi connectivity index (χ3n) is 15.3. The lowest BCUT2D eigenvalue weighted by Gasteiger charge is -2.57. The highest BCUT2D eigenvalue weighted by atomic mass is 16.6. The fraction of sp³-hybridized carbons (Fsp3) is 0.872. The number of carboxylic acids is 1. The van der Waals surface area contributed by atoms with Crippen LogP contribution in [-0.2, 0) is 23.8 Å². The molecule has 12 aliphatic rings. The number of nitrogens with two attached hydrogens (primary N) is 1. The molecule has 2 amide bonds. The van der Waals surface area contributed by atoms with E-state index >= 15 is 0 Å². The second kappa shape index (κ2) is 12.0. The first-order valence-electron chi connectivity index (χ1n) is 20.1. The van der Waals surface area contributed by atoms with Crippen LogP contribution < -0.4 is 11.1 Å². The second-order valence-electron chi connectivity index (χ2n) is 19.4. The topological polar surface area (TPSA) is 181 Å². The lowest BCUT2D eigenvalue weighted by atomic mass is 9.54. The number of hydrogen-bond donors (Lipinski definition) is 4. The molecule has 1 atom stereocenters. The highest BCUT2D eigenvalue weighted by Crippen LogP contribution is 2.60. The number of carbonyl (C=O) groups is 4. The number of hydrogen-bond acceptors (Lipinski definition) is 8. The summed E-state index contributed by atoms with van der Waals surface area (Å²) in [5.74, 6) is 0.807. The first-order chi connectivity index (χ1) is 24.3. The van der Waals surface area contributed by atoms with Crippen molar-refractivity contribution < 1.29 is 38.5 Å². The van der Waals surface area contributed by atoms with Crippen molar-refractivity contribution in [3.8, 4) is 0 Å². The van der Waals surface area contributed by atoms with Gasteiger partial charge in [0.1, 0.15) is 16.8 Å². The third-order valence-corrected chi connectivity index (χ3v) is 15.3. The van der Waals surface area contributed by atoms with E-state index in [-0.39, 0.29) is 18.9 Å². The minimum Gasteiger partial charge on any atom is -0.479 e. The molecule has 12 bridgehead atoms. The van der Waals surface area contributed by atoms with Crippen molar-refractivity contribution in [2.45, 2.75) is 151 Å². The predicted octanol–water partition coefficient (Wildman–Crippen LogP) is 6.10. The minimum atomic E-state index is -2.72. The molecular formula is C39H56N4O8. The number of carboxylic acid groups (broad SMARTS) is 1. The highest BCUT2D eigenvalue weighted by Gasteiger charge is 2.65. The second-order valence-corrected chi connectivity index (χ2v) is 19.4. The molecule has 12 heteroatoms. The van der Waals surface area contributed by atoms with Gasteiger partial charge in [-0.25, -0.2) is 19.2 Å². The monoisotopic (exact) mass is 708 g/mol. The Hall–Kier alpha value is -3.05. The molecule has 0 aromatic rings. The van der Waals surface area contributed by atoms with E-state index in [0.29, 0.717) is 116 Å². The standard InChI is InChI=1S/C39H56N4O8/c40-33(41)42-3-1-2-39(31(44)45,32(46)49-36-13-22-4-23(14-36)6-24(5-22)15-36)43(34(47)50-37-16-25-7-26(17-37)9-27(8-25)18-37)35(48)51-38-19-28-10-29(20-38)12-30(11-28)21-38/h22-30H,1-21H2,(H,44,45)(H4,40,41,42)/t22?,23?,24?,25?,26?,27?,28?,29?,30?,36?,37?,38?,39-/m0/s1. The average molecular weight is 709 g/mol. The van der Waals surface area contributed by atoms with E-state index < -0.39 is 52.9 Å². The van der Waals surface area contributed by atoms with Crippen molar-refractivity contribution in [2.75, 3.05) is 6.54 Å². The molecule has 0 heterocycles. The Balaban J connectivity index is 1.08. The fourth-order valence-corrected chi connectivity index (χ4v) is 14.8. The smallest absolute Gasteiger partial charge is 0.421 e. The number of imide groups is 1. The van der Waals surface area contributed by atoms with Gasteiger partial charge in [-0.2, -0.15) is 4.90 Å². The molecule has 0 aliphatic heterocycles. The van der Waals surface area contributed by atoms with Crippen LogP contribution in [0.2, 0.25) is 0 Å². The quantitative estimate of drug-likeness (QED) is 0.0517. The third kappa shape index (κ3) is 5.89. The van der Waals surface area contributed by atoms with Gasteiger partial charge >= 0.3 is 24.1 Å². The van der Waals surface area contributed by atoms with Gasteiger partial charge < -0.3 is 30.4 Å². The number of nitrogens with one attached hydrogen (secondary N) is 2. The SMILES string of the molecule is N=C(N)NCCC[C@](C(=O)O)(C(=O)OC12CC3CC(CC(C3)C1)C2)N(C(=O)OC12CC3CC(CC(C3)C1)C2)C(=O)OC12CC3CC(CC(C3)C1)C2. The van der Waals surface area contributed by atoms with Crippen LogP contribution in [0, 0.1) is 58.7 Å². The first-order valence-corrected chi connectivity index (χ1v) is 20.1. The number of rotatable bonds is 10. The van der Waals surface area contributed by atoms with Gasteiger partial charge in [-0.05, 0) is 182 Å². The maximum Gasteiger partial charge on any atom is 0.421 e. The number of guanidine groups is 1. The Labute approximate surface area is 300 Å².